The molecule has 1 aromatic heterocycles. The molecular formula is C15H11N3O3. The lowest BCUT2D eigenvalue weighted by molar-refractivity contribution is 0.430. The first-order valence-corrected chi connectivity index (χ1v) is 6.20. The number of H-pyrrole nitrogens is 1. The topological polar surface area (TPSA) is 98.9 Å². The number of fused-ring (bicyclic) bond motifs is 1. The van der Waals surface area contributed by atoms with Crippen LogP contribution in [0.1, 0.15) is 5.56 Å². The van der Waals surface area contributed by atoms with E-state index in [-0.39, 0.29) is 5.56 Å². The maximum absolute atomic E-state index is 12.0. The predicted molar refractivity (Wildman–Crippen MR) is 79.7 cm³/mol. The summed E-state index contributed by atoms with van der Waals surface area (Å²) < 4.78 is 0.990. The first kappa shape index (κ1) is 12.9. The van der Waals surface area contributed by atoms with Crippen LogP contribution in [0.2, 0.25) is 0 Å². The van der Waals surface area contributed by atoms with Crippen LogP contribution in [-0.4, -0.2) is 20.9 Å². The van der Waals surface area contributed by atoms with Crippen LogP contribution < -0.4 is 11.2 Å². The van der Waals surface area contributed by atoms with Gasteiger partial charge in [-0.15, -0.1) is 0 Å². The van der Waals surface area contributed by atoms with Gasteiger partial charge in [-0.05, 0) is 11.5 Å². The van der Waals surface area contributed by atoms with Gasteiger partial charge in [0.25, 0.3) is 5.56 Å². The summed E-state index contributed by atoms with van der Waals surface area (Å²) in [7, 11) is 0. The summed E-state index contributed by atoms with van der Waals surface area (Å²) in [6, 6.07) is 12.7. The van der Waals surface area contributed by atoms with Crippen LogP contribution in [0, 0.1) is 5.41 Å². The molecule has 2 aromatic carbocycles. The highest BCUT2D eigenvalue weighted by molar-refractivity contribution is 5.90. The molecule has 3 N–H and O–H groups in total. The quantitative estimate of drug-likeness (QED) is 0.619. The van der Waals surface area contributed by atoms with Crippen molar-refractivity contribution in [1.29, 1.82) is 5.41 Å². The Bertz CT molecular complexity index is 965. The molecule has 0 aliphatic heterocycles. The monoisotopic (exact) mass is 281 g/mol. The summed E-state index contributed by atoms with van der Waals surface area (Å²) in [4.78, 5) is 25.7. The molecule has 0 atom stereocenters. The van der Waals surface area contributed by atoms with E-state index in [0.717, 1.165) is 21.6 Å². The summed E-state index contributed by atoms with van der Waals surface area (Å²) in [5, 5.41) is 19.0. The maximum Gasteiger partial charge on any atom is 0.335 e. The third kappa shape index (κ3) is 1.93. The van der Waals surface area contributed by atoms with Gasteiger partial charge in [-0.1, -0.05) is 36.4 Å². The number of aromatic nitrogens is 2. The van der Waals surface area contributed by atoms with Crippen molar-refractivity contribution in [2.24, 2.45) is 0 Å². The zero-order valence-electron chi connectivity index (χ0n) is 10.8. The van der Waals surface area contributed by atoms with Gasteiger partial charge in [0.15, 0.2) is 0 Å². The maximum atomic E-state index is 12.0. The van der Waals surface area contributed by atoms with Gasteiger partial charge in [0.05, 0.1) is 5.69 Å². The Morgan fingerprint density at radius 2 is 1.81 bits per heavy atom. The van der Waals surface area contributed by atoms with E-state index in [9.17, 15) is 14.7 Å². The lowest BCUT2D eigenvalue weighted by Gasteiger charge is -2.12. The minimum Gasteiger partial charge on any atom is -0.493 e. The van der Waals surface area contributed by atoms with E-state index in [1.807, 2.05) is 30.3 Å². The minimum absolute atomic E-state index is 0.262. The third-order valence-electron chi connectivity index (χ3n) is 3.27. The van der Waals surface area contributed by atoms with Crippen molar-refractivity contribution in [1.82, 2.24) is 9.55 Å². The van der Waals surface area contributed by atoms with Crippen LogP contribution in [0.4, 0.5) is 0 Å². The molecule has 0 saturated heterocycles. The van der Waals surface area contributed by atoms with E-state index in [0.29, 0.717) is 5.69 Å². The Kier molecular flexibility index (Phi) is 2.91. The van der Waals surface area contributed by atoms with E-state index in [4.69, 9.17) is 5.41 Å². The fourth-order valence-corrected chi connectivity index (χ4v) is 2.30. The van der Waals surface area contributed by atoms with Crippen molar-refractivity contribution in [3.8, 4) is 11.6 Å². The van der Waals surface area contributed by atoms with Crippen LogP contribution in [0.15, 0.2) is 52.1 Å². The molecule has 3 aromatic rings. The second-order valence-corrected chi connectivity index (χ2v) is 4.47. The molecule has 3 rings (SSSR count). The van der Waals surface area contributed by atoms with Crippen molar-refractivity contribution in [3.05, 3.63) is 68.9 Å². The van der Waals surface area contributed by atoms with Gasteiger partial charge in [-0.25, -0.2) is 9.36 Å². The van der Waals surface area contributed by atoms with Crippen LogP contribution in [-0.2, 0) is 0 Å². The molecule has 1 heterocycles. The van der Waals surface area contributed by atoms with Gasteiger partial charge in [0.2, 0.25) is 5.88 Å². The Hall–Kier alpha value is -3.15. The predicted octanol–water partition coefficient (Wildman–Crippen LogP) is 1.38. The molecule has 0 spiro atoms. The highest BCUT2D eigenvalue weighted by Gasteiger charge is 2.15. The zero-order chi connectivity index (χ0) is 15.0. The fraction of sp³-hybridized carbons (Fsp3) is 0. The molecule has 0 fully saturated rings. The van der Waals surface area contributed by atoms with E-state index < -0.39 is 17.1 Å². The van der Waals surface area contributed by atoms with Crippen LogP contribution in [0.25, 0.3) is 16.5 Å². The summed E-state index contributed by atoms with van der Waals surface area (Å²) >= 11 is 0. The van der Waals surface area contributed by atoms with Crippen molar-refractivity contribution < 1.29 is 5.11 Å². The van der Waals surface area contributed by atoms with Crippen molar-refractivity contribution in [3.63, 3.8) is 0 Å². The molecular weight excluding hydrogens is 270 g/mol. The molecule has 0 aliphatic carbocycles. The van der Waals surface area contributed by atoms with Gasteiger partial charge in [0.1, 0.15) is 5.56 Å². The number of rotatable bonds is 2. The third-order valence-corrected chi connectivity index (χ3v) is 3.27. The standard InChI is InChI=1S/C15H11N3O3/c16-8-11-13(19)17-15(21)18(14(11)20)12-7-3-5-9-4-1-2-6-10(9)12/h1-8,16,20H,(H,17,19,21). The first-order chi connectivity index (χ1) is 10.1. The number of hydrogen-bond donors (Lipinski definition) is 3. The van der Waals surface area contributed by atoms with Crippen LogP contribution in [0.5, 0.6) is 5.88 Å². The second-order valence-electron chi connectivity index (χ2n) is 4.47. The molecule has 0 saturated carbocycles. The van der Waals surface area contributed by atoms with Gasteiger partial charge in [-0.3, -0.25) is 9.78 Å². The molecule has 0 radical (unpaired) electrons. The number of nitrogens with one attached hydrogen (secondary N) is 2. The number of nitrogens with zero attached hydrogens (tertiary/aromatic N) is 1. The van der Waals surface area contributed by atoms with E-state index >= 15 is 0 Å². The Labute approximate surface area is 118 Å². The number of aromatic amines is 1. The Balaban J connectivity index is 2.47. The number of benzene rings is 2. The zero-order valence-corrected chi connectivity index (χ0v) is 10.8. The number of aromatic hydroxyl groups is 1. The number of hydrogen-bond acceptors (Lipinski definition) is 4. The van der Waals surface area contributed by atoms with Crippen LogP contribution >= 0.6 is 0 Å². The fourth-order valence-electron chi connectivity index (χ4n) is 2.30. The molecule has 0 amide bonds. The molecule has 0 aliphatic rings. The highest BCUT2D eigenvalue weighted by Crippen LogP contribution is 2.24. The summed E-state index contributed by atoms with van der Waals surface area (Å²) in [6.45, 7) is 0. The largest absolute Gasteiger partial charge is 0.493 e. The minimum atomic E-state index is -0.788. The SMILES string of the molecule is N=Cc1c(O)n(-c2cccc3ccccc23)c(=O)[nH]c1=O. The Morgan fingerprint density at radius 1 is 1.10 bits per heavy atom. The molecule has 0 bridgehead atoms. The average Bonchev–Trinajstić information content (AvgIpc) is 2.47. The molecule has 21 heavy (non-hydrogen) atoms. The average molecular weight is 281 g/mol. The normalized spacial score (nSPS) is 10.7. The van der Waals surface area contributed by atoms with Crippen molar-refractivity contribution in [2.75, 3.05) is 0 Å². The van der Waals surface area contributed by atoms with Gasteiger partial charge in [-0.2, -0.15) is 0 Å². The first-order valence-electron chi connectivity index (χ1n) is 6.20. The van der Waals surface area contributed by atoms with E-state index in [2.05, 4.69) is 4.98 Å². The van der Waals surface area contributed by atoms with Gasteiger partial charge < -0.3 is 10.5 Å². The highest BCUT2D eigenvalue weighted by atomic mass is 16.3. The molecule has 6 nitrogen and oxygen atoms in total. The summed E-state index contributed by atoms with van der Waals surface area (Å²) in [5.74, 6) is -0.546. The summed E-state index contributed by atoms with van der Waals surface area (Å²) in [6.07, 6.45) is 0.717. The van der Waals surface area contributed by atoms with Crippen molar-refractivity contribution in [2.45, 2.75) is 0 Å². The lowest BCUT2D eigenvalue weighted by Crippen LogP contribution is -2.31. The van der Waals surface area contributed by atoms with E-state index in [1.165, 1.54) is 0 Å². The lowest BCUT2D eigenvalue weighted by atomic mass is 10.1. The smallest absolute Gasteiger partial charge is 0.335 e. The molecule has 6 heteroatoms. The summed E-state index contributed by atoms with van der Waals surface area (Å²) in [5.41, 5.74) is -1.36. The van der Waals surface area contributed by atoms with E-state index in [1.54, 1.807) is 12.1 Å². The van der Waals surface area contributed by atoms with Gasteiger partial charge in [0, 0.05) is 11.6 Å². The molecule has 104 valence electrons. The molecule has 0 unspecified atom stereocenters. The van der Waals surface area contributed by atoms with Gasteiger partial charge >= 0.3 is 5.69 Å². The van der Waals surface area contributed by atoms with Crippen molar-refractivity contribution >= 4 is 17.0 Å². The van der Waals surface area contributed by atoms with Crippen LogP contribution in [0.3, 0.4) is 0 Å². The Morgan fingerprint density at radius 3 is 2.57 bits per heavy atom. The second kappa shape index (κ2) is 4.75.